The van der Waals surface area contributed by atoms with Crippen LogP contribution in [0, 0.1) is 11.6 Å². The molecule has 0 saturated carbocycles. The Labute approximate surface area is 154 Å². The molecule has 3 aromatic rings. The van der Waals surface area contributed by atoms with E-state index in [-0.39, 0.29) is 17.4 Å². The maximum atomic E-state index is 13.3. The zero-order valence-corrected chi connectivity index (χ0v) is 14.0. The lowest BCUT2D eigenvalue weighted by Gasteiger charge is -2.18. The van der Waals surface area contributed by atoms with Crippen LogP contribution in [-0.4, -0.2) is 16.7 Å². The summed E-state index contributed by atoms with van der Waals surface area (Å²) >= 11 is 0. The summed E-state index contributed by atoms with van der Waals surface area (Å²) in [4.78, 5) is 22.8. The topological polar surface area (TPSA) is 45.6 Å². The zero-order chi connectivity index (χ0) is 18.8. The van der Waals surface area contributed by atoms with Crippen molar-refractivity contribution < 1.29 is 13.6 Å². The first-order valence-corrected chi connectivity index (χ1v) is 8.18. The summed E-state index contributed by atoms with van der Waals surface area (Å²) in [7, 11) is 0. The van der Waals surface area contributed by atoms with Crippen LogP contribution in [0.2, 0.25) is 0 Å². The number of carbonyl (C=O) groups excluding carboxylic acids is 1. The standard InChI is InChI=1S/C21H13F2N3O/c22-16-3-1-15(2-4-16)20-25-19(13-14-9-11-24-12-10-14)21(27)26(20)18-7-5-17(23)6-8-18/h1-13H/b19-13+. The minimum atomic E-state index is -0.404. The van der Waals surface area contributed by atoms with Crippen LogP contribution in [-0.2, 0) is 4.79 Å². The van der Waals surface area contributed by atoms with Gasteiger partial charge in [-0.1, -0.05) is 0 Å². The molecule has 0 fully saturated rings. The summed E-state index contributed by atoms with van der Waals surface area (Å²) in [5.74, 6) is -0.785. The molecule has 0 saturated heterocycles. The van der Waals surface area contributed by atoms with Crippen LogP contribution in [0.5, 0.6) is 0 Å². The van der Waals surface area contributed by atoms with Crippen molar-refractivity contribution in [1.82, 2.24) is 4.98 Å². The normalized spacial score (nSPS) is 15.3. The second-order valence-corrected chi connectivity index (χ2v) is 5.87. The van der Waals surface area contributed by atoms with Crippen LogP contribution in [0.15, 0.2) is 83.7 Å². The largest absolute Gasteiger partial charge is 0.282 e. The van der Waals surface area contributed by atoms with Crippen molar-refractivity contribution >= 4 is 23.5 Å². The summed E-state index contributed by atoms with van der Waals surface area (Å²) < 4.78 is 26.6. The van der Waals surface area contributed by atoms with E-state index < -0.39 is 5.82 Å². The molecule has 1 aromatic heterocycles. The maximum absolute atomic E-state index is 13.3. The third-order valence-corrected chi connectivity index (χ3v) is 4.06. The lowest BCUT2D eigenvalue weighted by atomic mass is 10.1. The lowest BCUT2D eigenvalue weighted by molar-refractivity contribution is -0.113. The molecule has 132 valence electrons. The number of rotatable bonds is 3. The third kappa shape index (κ3) is 3.37. The molecule has 1 aliphatic heterocycles. The number of aliphatic imine (C=N–C) groups is 1. The quantitative estimate of drug-likeness (QED) is 0.657. The average molecular weight is 361 g/mol. The Morgan fingerprint density at radius 1 is 0.815 bits per heavy atom. The minimum Gasteiger partial charge on any atom is -0.266 e. The fourth-order valence-corrected chi connectivity index (χ4v) is 2.76. The van der Waals surface area contributed by atoms with Gasteiger partial charge in [0, 0.05) is 18.0 Å². The Morgan fingerprint density at radius 2 is 1.41 bits per heavy atom. The Hall–Kier alpha value is -3.67. The molecule has 0 atom stereocenters. The molecule has 27 heavy (non-hydrogen) atoms. The molecule has 2 aromatic carbocycles. The minimum absolute atomic E-state index is 0.227. The van der Waals surface area contributed by atoms with Crippen molar-refractivity contribution in [3.63, 3.8) is 0 Å². The van der Waals surface area contributed by atoms with E-state index in [2.05, 4.69) is 9.98 Å². The monoisotopic (exact) mass is 361 g/mol. The van der Waals surface area contributed by atoms with Gasteiger partial charge < -0.3 is 0 Å². The van der Waals surface area contributed by atoms with E-state index in [1.165, 1.54) is 41.3 Å². The molecule has 4 nitrogen and oxygen atoms in total. The molecule has 0 spiro atoms. The van der Waals surface area contributed by atoms with Gasteiger partial charge in [-0.2, -0.15) is 0 Å². The van der Waals surface area contributed by atoms with Gasteiger partial charge in [-0.25, -0.2) is 13.8 Å². The molecule has 1 aliphatic rings. The third-order valence-electron chi connectivity index (χ3n) is 4.06. The summed E-state index contributed by atoms with van der Waals surface area (Å²) in [6.45, 7) is 0. The molecule has 6 heteroatoms. The van der Waals surface area contributed by atoms with Crippen molar-refractivity contribution in [1.29, 1.82) is 0 Å². The van der Waals surface area contributed by atoms with Gasteiger partial charge in [0.2, 0.25) is 0 Å². The van der Waals surface area contributed by atoms with Gasteiger partial charge in [-0.05, 0) is 72.3 Å². The van der Waals surface area contributed by atoms with E-state index >= 15 is 0 Å². The first kappa shape index (κ1) is 16.8. The highest BCUT2D eigenvalue weighted by atomic mass is 19.1. The van der Waals surface area contributed by atoms with Gasteiger partial charge in [0.1, 0.15) is 23.2 Å². The van der Waals surface area contributed by atoms with Crippen LogP contribution in [0.1, 0.15) is 11.1 Å². The number of carbonyl (C=O) groups is 1. The molecule has 0 bridgehead atoms. The smallest absolute Gasteiger partial charge is 0.266 e. The summed E-state index contributed by atoms with van der Waals surface area (Å²) in [5.41, 5.74) is 2.05. The second kappa shape index (κ2) is 6.92. The van der Waals surface area contributed by atoms with Crippen LogP contribution < -0.4 is 4.90 Å². The SMILES string of the molecule is O=C1/C(=C\c2ccncc2)N=C(c2ccc(F)cc2)N1c1ccc(F)cc1. The highest BCUT2D eigenvalue weighted by Crippen LogP contribution is 2.28. The number of hydrogen-bond acceptors (Lipinski definition) is 3. The second-order valence-electron chi connectivity index (χ2n) is 5.87. The number of nitrogens with zero attached hydrogens (tertiary/aromatic N) is 3. The Balaban J connectivity index is 1.82. The fraction of sp³-hybridized carbons (Fsp3) is 0. The Morgan fingerprint density at radius 3 is 2.04 bits per heavy atom. The van der Waals surface area contributed by atoms with E-state index in [1.54, 1.807) is 42.7 Å². The number of amidine groups is 1. The number of benzene rings is 2. The zero-order valence-electron chi connectivity index (χ0n) is 14.0. The molecule has 0 unspecified atom stereocenters. The molecular weight excluding hydrogens is 348 g/mol. The van der Waals surface area contributed by atoms with Gasteiger partial charge in [-0.3, -0.25) is 14.7 Å². The van der Waals surface area contributed by atoms with Crippen molar-refractivity contribution in [2.75, 3.05) is 4.90 Å². The molecule has 2 heterocycles. The summed E-state index contributed by atoms with van der Waals surface area (Å²) in [5, 5.41) is 0. The first-order chi connectivity index (χ1) is 13.1. The number of aromatic nitrogens is 1. The molecule has 0 radical (unpaired) electrons. The van der Waals surface area contributed by atoms with Crippen molar-refractivity contribution in [3.05, 3.63) is 102 Å². The number of hydrogen-bond donors (Lipinski definition) is 0. The molecule has 1 amide bonds. The van der Waals surface area contributed by atoms with Gasteiger partial charge >= 0.3 is 0 Å². The molecule has 0 aliphatic carbocycles. The van der Waals surface area contributed by atoms with E-state index in [0.29, 0.717) is 17.1 Å². The van der Waals surface area contributed by atoms with Crippen LogP contribution in [0.25, 0.3) is 6.08 Å². The Kier molecular flexibility index (Phi) is 4.30. The summed E-state index contributed by atoms with van der Waals surface area (Å²) in [6.07, 6.45) is 4.89. The first-order valence-electron chi connectivity index (χ1n) is 8.18. The average Bonchev–Trinajstić information content (AvgIpc) is 3.00. The van der Waals surface area contributed by atoms with Gasteiger partial charge in [0.25, 0.3) is 5.91 Å². The van der Waals surface area contributed by atoms with E-state index in [1.807, 2.05) is 0 Å². The number of anilines is 1. The number of amides is 1. The molecular formula is C21H13F2N3O. The van der Waals surface area contributed by atoms with E-state index in [4.69, 9.17) is 0 Å². The van der Waals surface area contributed by atoms with Crippen LogP contribution in [0.4, 0.5) is 14.5 Å². The molecule has 0 N–H and O–H groups in total. The number of halogens is 2. The fourth-order valence-electron chi connectivity index (χ4n) is 2.76. The summed E-state index contributed by atoms with van der Waals surface area (Å²) in [6, 6.07) is 14.8. The van der Waals surface area contributed by atoms with Gasteiger partial charge in [0.15, 0.2) is 0 Å². The van der Waals surface area contributed by atoms with Gasteiger partial charge in [0.05, 0.1) is 5.69 Å². The predicted octanol–water partition coefficient (Wildman–Crippen LogP) is 4.19. The Bertz CT molecular complexity index is 1040. The van der Waals surface area contributed by atoms with Crippen LogP contribution >= 0.6 is 0 Å². The van der Waals surface area contributed by atoms with E-state index in [9.17, 15) is 13.6 Å². The highest BCUT2D eigenvalue weighted by Gasteiger charge is 2.32. The predicted molar refractivity (Wildman–Crippen MR) is 99.0 cm³/mol. The lowest BCUT2D eigenvalue weighted by Crippen LogP contribution is -2.32. The van der Waals surface area contributed by atoms with Crippen molar-refractivity contribution in [2.24, 2.45) is 4.99 Å². The van der Waals surface area contributed by atoms with Crippen molar-refractivity contribution in [3.8, 4) is 0 Å². The van der Waals surface area contributed by atoms with Gasteiger partial charge in [-0.15, -0.1) is 0 Å². The number of pyridine rings is 1. The highest BCUT2D eigenvalue weighted by molar-refractivity contribution is 6.33. The van der Waals surface area contributed by atoms with Crippen molar-refractivity contribution in [2.45, 2.75) is 0 Å². The maximum Gasteiger partial charge on any atom is 0.282 e. The van der Waals surface area contributed by atoms with E-state index in [0.717, 1.165) is 5.56 Å². The molecule has 4 rings (SSSR count). The van der Waals surface area contributed by atoms with Crippen LogP contribution in [0.3, 0.4) is 0 Å².